The first kappa shape index (κ1) is 17.3. The van der Waals surface area contributed by atoms with E-state index in [2.05, 4.69) is 46.1 Å². The maximum atomic E-state index is 5.40. The van der Waals surface area contributed by atoms with Crippen LogP contribution >= 0.6 is 0 Å². The topological polar surface area (TPSA) is 39.5 Å². The second-order valence-electron chi connectivity index (χ2n) is 7.63. The van der Waals surface area contributed by atoms with Gasteiger partial charge in [-0.25, -0.2) is 4.68 Å². The predicted molar refractivity (Wildman–Crippen MR) is 108 cm³/mol. The van der Waals surface area contributed by atoms with Crippen LogP contribution < -0.4 is 9.47 Å². The third-order valence-electron chi connectivity index (χ3n) is 6.15. The van der Waals surface area contributed by atoms with Crippen molar-refractivity contribution in [2.75, 3.05) is 14.2 Å². The molecule has 0 unspecified atom stereocenters. The molecule has 144 valence electrons. The Morgan fingerprint density at radius 1 is 1.00 bits per heavy atom. The van der Waals surface area contributed by atoms with Crippen LogP contribution in [-0.4, -0.2) is 34.9 Å². The molecule has 0 spiro atoms. The van der Waals surface area contributed by atoms with E-state index in [-0.39, 0.29) is 0 Å². The highest BCUT2D eigenvalue weighted by atomic mass is 16.5. The van der Waals surface area contributed by atoms with E-state index >= 15 is 0 Å². The fraction of sp³-hybridized carbons (Fsp3) is 0.348. The van der Waals surface area contributed by atoms with Crippen molar-refractivity contribution in [3.05, 3.63) is 71.5 Å². The van der Waals surface area contributed by atoms with E-state index in [1.165, 1.54) is 29.7 Å². The molecule has 5 rings (SSSR count). The highest BCUT2D eigenvalue weighted by Gasteiger charge is 2.41. The smallest absolute Gasteiger partial charge is 0.119 e. The molecule has 0 aliphatic carbocycles. The Hall–Kier alpha value is -2.79. The van der Waals surface area contributed by atoms with E-state index in [0.29, 0.717) is 12.1 Å². The number of rotatable bonds is 5. The molecule has 28 heavy (non-hydrogen) atoms. The monoisotopic (exact) mass is 375 g/mol. The molecule has 2 aliphatic heterocycles. The fourth-order valence-electron chi connectivity index (χ4n) is 4.75. The van der Waals surface area contributed by atoms with Gasteiger partial charge >= 0.3 is 0 Å². The van der Waals surface area contributed by atoms with Gasteiger partial charge in [0.15, 0.2) is 0 Å². The van der Waals surface area contributed by atoms with Crippen molar-refractivity contribution < 1.29 is 9.47 Å². The Morgan fingerprint density at radius 3 is 2.61 bits per heavy atom. The lowest BCUT2D eigenvalue weighted by Gasteiger charge is -2.35. The Kier molecular flexibility index (Phi) is 4.32. The van der Waals surface area contributed by atoms with E-state index < -0.39 is 0 Å². The van der Waals surface area contributed by atoms with Crippen molar-refractivity contribution >= 4 is 0 Å². The number of fused-ring (bicyclic) bond motifs is 4. The van der Waals surface area contributed by atoms with Gasteiger partial charge in [0, 0.05) is 30.6 Å². The SMILES string of the molecule is COc1ccc(-n2ncc3c2C[C@@H]2CC[C@@H]3N2Cc2cccc(OC)c2)cc1. The average Bonchev–Trinajstić information content (AvgIpc) is 3.28. The maximum absolute atomic E-state index is 5.40. The van der Waals surface area contributed by atoms with Crippen LogP contribution in [0.1, 0.15) is 35.7 Å². The second-order valence-corrected chi connectivity index (χ2v) is 7.63. The van der Waals surface area contributed by atoms with Crippen LogP contribution in [0.3, 0.4) is 0 Å². The molecule has 2 aromatic carbocycles. The van der Waals surface area contributed by atoms with Crippen molar-refractivity contribution in [3.8, 4) is 17.2 Å². The van der Waals surface area contributed by atoms with Gasteiger partial charge in [0.2, 0.25) is 0 Å². The Balaban J connectivity index is 1.43. The molecule has 5 nitrogen and oxygen atoms in total. The van der Waals surface area contributed by atoms with Gasteiger partial charge in [-0.2, -0.15) is 5.10 Å². The van der Waals surface area contributed by atoms with E-state index in [4.69, 9.17) is 14.6 Å². The lowest BCUT2D eigenvalue weighted by Crippen LogP contribution is -2.37. The Labute approximate surface area is 165 Å². The summed E-state index contributed by atoms with van der Waals surface area (Å²) in [5, 5.41) is 4.74. The lowest BCUT2D eigenvalue weighted by molar-refractivity contribution is 0.167. The molecule has 1 saturated heterocycles. The molecule has 0 amide bonds. The van der Waals surface area contributed by atoms with Gasteiger partial charge in [0.05, 0.1) is 31.8 Å². The van der Waals surface area contributed by atoms with Crippen molar-refractivity contribution in [1.82, 2.24) is 14.7 Å². The van der Waals surface area contributed by atoms with Crippen LogP contribution in [0.5, 0.6) is 11.5 Å². The predicted octanol–water partition coefficient (Wildman–Crippen LogP) is 4.15. The van der Waals surface area contributed by atoms with Crippen LogP contribution in [0.4, 0.5) is 0 Å². The molecular weight excluding hydrogens is 350 g/mol. The summed E-state index contributed by atoms with van der Waals surface area (Å²) < 4.78 is 12.8. The highest BCUT2D eigenvalue weighted by molar-refractivity contribution is 5.41. The van der Waals surface area contributed by atoms with Crippen LogP contribution in [0, 0.1) is 0 Å². The molecule has 2 bridgehead atoms. The van der Waals surface area contributed by atoms with E-state index in [1.807, 2.05) is 18.2 Å². The van der Waals surface area contributed by atoms with Crippen molar-refractivity contribution in [2.24, 2.45) is 0 Å². The molecule has 2 atom stereocenters. The summed E-state index contributed by atoms with van der Waals surface area (Å²) in [6, 6.07) is 17.6. The molecule has 5 heteroatoms. The van der Waals surface area contributed by atoms with Gasteiger partial charge in [0.1, 0.15) is 11.5 Å². The van der Waals surface area contributed by atoms with Gasteiger partial charge in [-0.1, -0.05) is 12.1 Å². The summed E-state index contributed by atoms with van der Waals surface area (Å²) in [5.74, 6) is 1.80. The van der Waals surface area contributed by atoms with Gasteiger partial charge in [0.25, 0.3) is 0 Å². The molecule has 1 aromatic heterocycles. The molecule has 0 saturated carbocycles. The quantitative estimate of drug-likeness (QED) is 0.672. The van der Waals surface area contributed by atoms with E-state index in [1.54, 1.807) is 14.2 Å². The van der Waals surface area contributed by atoms with Crippen molar-refractivity contribution in [3.63, 3.8) is 0 Å². The summed E-state index contributed by atoms with van der Waals surface area (Å²) in [4.78, 5) is 2.65. The van der Waals surface area contributed by atoms with E-state index in [0.717, 1.165) is 30.2 Å². The maximum Gasteiger partial charge on any atom is 0.119 e. The fourth-order valence-corrected chi connectivity index (χ4v) is 4.75. The molecule has 1 fully saturated rings. The first-order valence-electron chi connectivity index (χ1n) is 9.86. The summed E-state index contributed by atoms with van der Waals surface area (Å²) in [6.45, 7) is 0.958. The number of methoxy groups -OCH3 is 2. The zero-order valence-corrected chi connectivity index (χ0v) is 16.3. The zero-order chi connectivity index (χ0) is 19.1. The highest BCUT2D eigenvalue weighted by Crippen LogP contribution is 2.45. The van der Waals surface area contributed by atoms with Crippen LogP contribution in [0.15, 0.2) is 54.7 Å². The van der Waals surface area contributed by atoms with Crippen LogP contribution in [0.2, 0.25) is 0 Å². The normalized spacial score (nSPS) is 20.8. The largest absolute Gasteiger partial charge is 0.497 e. The van der Waals surface area contributed by atoms with Crippen LogP contribution in [0.25, 0.3) is 5.69 Å². The molecular formula is C23H25N3O2. The third-order valence-corrected chi connectivity index (χ3v) is 6.15. The summed E-state index contributed by atoms with van der Waals surface area (Å²) >= 11 is 0. The number of benzene rings is 2. The first-order chi connectivity index (χ1) is 13.8. The molecule has 3 aromatic rings. The van der Waals surface area contributed by atoms with Gasteiger partial charge in [-0.05, 0) is 54.8 Å². The van der Waals surface area contributed by atoms with Crippen molar-refractivity contribution in [1.29, 1.82) is 0 Å². The van der Waals surface area contributed by atoms with Gasteiger partial charge in [-0.3, -0.25) is 4.90 Å². The molecule has 2 aliphatic rings. The summed E-state index contributed by atoms with van der Waals surface area (Å²) in [5.41, 5.74) is 5.15. The summed E-state index contributed by atoms with van der Waals surface area (Å²) in [7, 11) is 3.42. The minimum absolute atomic E-state index is 0.451. The zero-order valence-electron chi connectivity index (χ0n) is 16.3. The minimum Gasteiger partial charge on any atom is -0.497 e. The van der Waals surface area contributed by atoms with Crippen LogP contribution in [-0.2, 0) is 13.0 Å². The lowest BCUT2D eigenvalue weighted by atomic mass is 9.99. The summed E-state index contributed by atoms with van der Waals surface area (Å²) in [6.07, 6.45) is 5.56. The number of nitrogens with zero attached hydrogens (tertiary/aromatic N) is 3. The van der Waals surface area contributed by atoms with E-state index in [9.17, 15) is 0 Å². The number of ether oxygens (including phenoxy) is 2. The minimum atomic E-state index is 0.451. The second kappa shape index (κ2) is 6.99. The number of hydrogen-bond acceptors (Lipinski definition) is 4. The Morgan fingerprint density at radius 2 is 1.82 bits per heavy atom. The van der Waals surface area contributed by atoms with Gasteiger partial charge < -0.3 is 9.47 Å². The molecule has 0 radical (unpaired) electrons. The average molecular weight is 375 g/mol. The number of hydrogen-bond donors (Lipinski definition) is 0. The molecule has 0 N–H and O–H groups in total. The Bertz CT molecular complexity index is 980. The number of aromatic nitrogens is 2. The third kappa shape index (κ3) is 2.87. The molecule has 3 heterocycles. The van der Waals surface area contributed by atoms with Gasteiger partial charge in [-0.15, -0.1) is 0 Å². The van der Waals surface area contributed by atoms with Crippen molar-refractivity contribution in [2.45, 2.75) is 37.9 Å². The standard InChI is InChI=1S/C23H25N3O2/c1-27-19-9-6-17(7-10-19)26-23-13-18-8-11-22(21(23)14-24-26)25(18)15-16-4-3-5-20(12-16)28-2/h3-7,9-10,12,14,18,22H,8,11,13,15H2,1-2H3/t18-,22-/m0/s1. The first-order valence-corrected chi connectivity index (χ1v) is 9.86.